The van der Waals surface area contributed by atoms with Crippen molar-refractivity contribution < 1.29 is 23.7 Å². The zero-order valence-corrected chi connectivity index (χ0v) is 17.2. The Morgan fingerprint density at radius 3 is 3.07 bits per heavy atom. The van der Waals surface area contributed by atoms with Crippen LogP contribution in [0.1, 0.15) is 40.6 Å². The van der Waals surface area contributed by atoms with Crippen molar-refractivity contribution in [2.24, 2.45) is 11.0 Å². The van der Waals surface area contributed by atoms with E-state index in [1.807, 2.05) is 37.2 Å². The number of rotatable bonds is 4. The van der Waals surface area contributed by atoms with Crippen LogP contribution in [-0.4, -0.2) is 43.7 Å². The molecule has 1 aromatic heterocycles. The van der Waals surface area contributed by atoms with Gasteiger partial charge in [-0.1, -0.05) is 11.3 Å². The molecule has 0 spiro atoms. The van der Waals surface area contributed by atoms with Crippen LogP contribution in [0, 0.1) is 5.92 Å². The summed E-state index contributed by atoms with van der Waals surface area (Å²) in [5, 5.41) is 7.43. The Balaban J connectivity index is 1.59. The van der Waals surface area contributed by atoms with Crippen molar-refractivity contribution in [2.45, 2.75) is 26.2 Å². The van der Waals surface area contributed by atoms with Crippen LogP contribution in [0.25, 0.3) is 0 Å². The second-order valence-electron chi connectivity index (χ2n) is 7.32. The molecule has 1 atom stereocenters. The third-order valence-corrected chi connectivity index (χ3v) is 6.47. The molecule has 3 heterocycles. The summed E-state index contributed by atoms with van der Waals surface area (Å²) in [6.07, 6.45) is 2.88. The molecule has 29 heavy (non-hydrogen) atoms. The number of hydrogen-bond donors (Lipinski definition) is 0. The molecule has 0 fully saturated rings. The van der Waals surface area contributed by atoms with Crippen LogP contribution in [0.2, 0.25) is 0 Å². The van der Waals surface area contributed by atoms with E-state index in [-0.39, 0.29) is 12.8 Å². The molecule has 1 aliphatic carbocycles. The van der Waals surface area contributed by atoms with E-state index in [1.54, 1.807) is 0 Å². The zero-order chi connectivity index (χ0) is 20.0. The second kappa shape index (κ2) is 7.26. The lowest BCUT2D eigenvalue weighted by Gasteiger charge is -2.11. The number of esters is 1. The number of benzene rings is 1. The highest BCUT2D eigenvalue weighted by Gasteiger charge is 2.36. The summed E-state index contributed by atoms with van der Waals surface area (Å²) in [7, 11) is 1.98. The fourth-order valence-electron chi connectivity index (χ4n) is 4.14. The van der Waals surface area contributed by atoms with Crippen molar-refractivity contribution in [3.63, 3.8) is 0 Å². The molecule has 1 unspecified atom stereocenters. The number of carbonyl (C=O) groups is 1. The molecule has 0 saturated heterocycles. The number of thiophene rings is 1. The zero-order valence-electron chi connectivity index (χ0n) is 16.4. The highest BCUT2D eigenvalue weighted by Crippen LogP contribution is 2.45. The largest absolute Gasteiger partial charge is 0.462 e. The fourth-order valence-corrected chi connectivity index (χ4v) is 5.26. The van der Waals surface area contributed by atoms with Gasteiger partial charge in [0.25, 0.3) is 0 Å². The highest BCUT2D eigenvalue weighted by molar-refractivity contribution is 7.16. The minimum atomic E-state index is -0.292. The summed E-state index contributed by atoms with van der Waals surface area (Å²) in [5.74, 6) is 2.06. The minimum Gasteiger partial charge on any atom is -0.462 e. The first kappa shape index (κ1) is 18.3. The van der Waals surface area contributed by atoms with Gasteiger partial charge in [0.05, 0.1) is 17.9 Å². The molecule has 1 aromatic carbocycles. The Labute approximate surface area is 172 Å². The van der Waals surface area contributed by atoms with Crippen LogP contribution in [0.4, 0.5) is 0 Å². The van der Waals surface area contributed by atoms with Crippen molar-refractivity contribution >= 4 is 23.0 Å². The van der Waals surface area contributed by atoms with Gasteiger partial charge in [-0.05, 0) is 43.9 Å². The van der Waals surface area contributed by atoms with Gasteiger partial charge in [0.15, 0.2) is 16.6 Å². The quantitative estimate of drug-likeness (QED) is 0.703. The van der Waals surface area contributed by atoms with E-state index < -0.39 is 0 Å². The number of hydrazone groups is 1. The van der Waals surface area contributed by atoms with Crippen molar-refractivity contribution in [1.29, 1.82) is 0 Å². The Morgan fingerprint density at radius 2 is 2.21 bits per heavy atom. The predicted molar refractivity (Wildman–Crippen MR) is 109 cm³/mol. The maximum Gasteiger partial charge on any atom is 0.348 e. The fraction of sp³-hybridized carbons (Fsp3) is 0.429. The normalized spacial score (nSPS) is 19.3. The van der Waals surface area contributed by atoms with Gasteiger partial charge in [-0.25, -0.2) is 4.79 Å². The number of nitrogens with zero attached hydrogens (tertiary/aromatic N) is 2. The molecule has 152 valence electrons. The number of carbonyl (C=O) groups excluding carboxylic acids is 1. The van der Waals surface area contributed by atoms with Crippen LogP contribution >= 0.6 is 11.3 Å². The van der Waals surface area contributed by atoms with E-state index in [0.717, 1.165) is 42.6 Å². The van der Waals surface area contributed by atoms with E-state index in [1.165, 1.54) is 11.3 Å². The summed E-state index contributed by atoms with van der Waals surface area (Å²) in [6, 6.07) is 5.50. The van der Waals surface area contributed by atoms with Gasteiger partial charge in [-0.2, -0.15) is 5.10 Å². The Kier molecular flexibility index (Phi) is 4.58. The molecule has 3 aliphatic rings. The first-order valence-corrected chi connectivity index (χ1v) is 10.7. The molecule has 0 N–H and O–H groups in total. The molecule has 0 bridgehead atoms. The van der Waals surface area contributed by atoms with E-state index in [2.05, 4.69) is 0 Å². The second-order valence-corrected chi connectivity index (χ2v) is 8.31. The molecule has 5 rings (SSSR count). The van der Waals surface area contributed by atoms with Crippen molar-refractivity contribution in [2.75, 3.05) is 27.0 Å². The van der Waals surface area contributed by atoms with Gasteiger partial charge in [-0.15, -0.1) is 0 Å². The van der Waals surface area contributed by atoms with Crippen molar-refractivity contribution in [3.8, 4) is 22.3 Å². The third-order valence-electron chi connectivity index (χ3n) is 5.38. The molecule has 0 amide bonds. The SMILES string of the molecule is CCOC(=O)c1sc(Oc2ccc3c(c2)OCO3)c2c1CCCC1CN(C)N=C21. The van der Waals surface area contributed by atoms with Gasteiger partial charge in [0, 0.05) is 25.6 Å². The molecule has 2 aliphatic heterocycles. The van der Waals surface area contributed by atoms with Gasteiger partial charge >= 0.3 is 5.97 Å². The predicted octanol–water partition coefficient (Wildman–Crippen LogP) is 4.05. The van der Waals surface area contributed by atoms with E-state index in [9.17, 15) is 4.79 Å². The molecule has 0 saturated carbocycles. The Morgan fingerprint density at radius 1 is 1.34 bits per heavy atom. The highest BCUT2D eigenvalue weighted by atomic mass is 32.1. The lowest BCUT2D eigenvalue weighted by molar-refractivity contribution is 0.0531. The van der Waals surface area contributed by atoms with Crippen LogP contribution < -0.4 is 14.2 Å². The minimum absolute atomic E-state index is 0.213. The lowest BCUT2D eigenvalue weighted by atomic mass is 9.96. The van der Waals surface area contributed by atoms with Crippen LogP contribution in [0.5, 0.6) is 22.3 Å². The van der Waals surface area contributed by atoms with Gasteiger partial charge in [0.2, 0.25) is 6.79 Å². The van der Waals surface area contributed by atoms with E-state index in [4.69, 9.17) is 24.0 Å². The van der Waals surface area contributed by atoms with E-state index >= 15 is 0 Å². The standard InChI is InChI=1S/C21H22N2O5S/c1-3-25-20(24)19-14-6-4-5-12-10-23(2)22-18(12)17(14)21(29-19)28-13-7-8-15-16(9-13)27-11-26-15/h7-9,12H,3-6,10-11H2,1-2H3. The summed E-state index contributed by atoms with van der Waals surface area (Å²) in [6.45, 7) is 3.27. The molecule has 2 aromatic rings. The summed E-state index contributed by atoms with van der Waals surface area (Å²) in [4.78, 5) is 13.3. The topological polar surface area (TPSA) is 69.6 Å². The smallest absolute Gasteiger partial charge is 0.348 e. The summed E-state index contributed by atoms with van der Waals surface area (Å²) >= 11 is 1.34. The van der Waals surface area contributed by atoms with Gasteiger partial charge < -0.3 is 18.9 Å². The number of fused-ring (bicyclic) bond motifs is 4. The molecular weight excluding hydrogens is 392 g/mol. The maximum atomic E-state index is 12.7. The van der Waals surface area contributed by atoms with Crippen LogP contribution in [0.3, 0.4) is 0 Å². The lowest BCUT2D eigenvalue weighted by Crippen LogP contribution is -2.16. The molecule has 8 heteroatoms. The van der Waals surface area contributed by atoms with Gasteiger partial charge in [0.1, 0.15) is 10.6 Å². The van der Waals surface area contributed by atoms with Crippen LogP contribution in [0.15, 0.2) is 23.3 Å². The van der Waals surface area contributed by atoms with Crippen molar-refractivity contribution in [3.05, 3.63) is 34.2 Å². The number of hydrogen-bond acceptors (Lipinski definition) is 8. The van der Waals surface area contributed by atoms with E-state index in [0.29, 0.717) is 39.7 Å². The molecule has 0 radical (unpaired) electrons. The molecule has 7 nitrogen and oxygen atoms in total. The first-order chi connectivity index (χ1) is 14.1. The molecular formula is C21H22N2O5S. The number of ether oxygens (including phenoxy) is 4. The van der Waals surface area contributed by atoms with Crippen LogP contribution in [-0.2, 0) is 11.2 Å². The first-order valence-electron chi connectivity index (χ1n) is 9.84. The van der Waals surface area contributed by atoms with Crippen molar-refractivity contribution in [1.82, 2.24) is 5.01 Å². The Bertz CT molecular complexity index is 999. The third kappa shape index (κ3) is 3.21. The maximum absolute atomic E-state index is 12.7. The average Bonchev–Trinajstić information content (AvgIpc) is 3.37. The average molecular weight is 414 g/mol. The Hall–Kier alpha value is -2.74. The summed E-state index contributed by atoms with van der Waals surface area (Å²) in [5.41, 5.74) is 2.98. The monoisotopic (exact) mass is 414 g/mol. The summed E-state index contributed by atoms with van der Waals surface area (Å²) < 4.78 is 22.5. The van der Waals surface area contributed by atoms with Gasteiger partial charge in [-0.3, -0.25) is 5.01 Å².